The Morgan fingerprint density at radius 1 is 0.970 bits per heavy atom. The van der Waals surface area contributed by atoms with Gasteiger partial charge in [-0.3, -0.25) is 9.59 Å². The number of hydrogen-bond donors (Lipinski definition) is 1. The summed E-state index contributed by atoms with van der Waals surface area (Å²) in [5.41, 5.74) is 1.55. The zero-order chi connectivity index (χ0) is 23.0. The summed E-state index contributed by atoms with van der Waals surface area (Å²) in [6, 6.07) is 18.7. The van der Waals surface area contributed by atoms with Crippen molar-refractivity contribution in [2.45, 2.75) is 57.2 Å². The molecule has 0 bridgehead atoms. The van der Waals surface area contributed by atoms with Crippen molar-refractivity contribution >= 4 is 23.2 Å². The number of nitrogens with zero attached hydrogens (tertiary/aromatic N) is 1. The van der Waals surface area contributed by atoms with E-state index in [-0.39, 0.29) is 30.1 Å². The fourth-order valence-corrected chi connectivity index (χ4v) is 5.11. The van der Waals surface area contributed by atoms with E-state index in [4.69, 9.17) is 0 Å². The smallest absolute Gasteiger partial charge is 0.247 e. The standard InChI is InChI=1S/C27H29FN2O2S/c28-22-15-13-21(14-16-22)26(27(32)29-23-10-5-2-6-11-23)30(19-20-8-3-1-4-9-20)25(31)18-24-12-7-17-33-24/h1,3-4,7-9,12-17,23,26H,2,5-6,10-11,18-19H2,(H,29,32)/t26-/m0/s1. The van der Waals surface area contributed by atoms with Gasteiger partial charge in [0.2, 0.25) is 11.8 Å². The largest absolute Gasteiger partial charge is 0.351 e. The molecule has 1 heterocycles. The predicted octanol–water partition coefficient (Wildman–Crippen LogP) is 5.65. The Balaban J connectivity index is 1.67. The molecule has 2 aromatic carbocycles. The summed E-state index contributed by atoms with van der Waals surface area (Å²) in [6.45, 7) is 0.297. The number of benzene rings is 2. The van der Waals surface area contributed by atoms with E-state index >= 15 is 0 Å². The third kappa shape index (κ3) is 6.29. The van der Waals surface area contributed by atoms with Crippen LogP contribution in [0.25, 0.3) is 0 Å². The van der Waals surface area contributed by atoms with Gasteiger partial charge in [0, 0.05) is 17.5 Å². The van der Waals surface area contributed by atoms with E-state index in [9.17, 15) is 14.0 Å². The average molecular weight is 465 g/mol. The molecule has 0 spiro atoms. The normalized spacial score (nSPS) is 15.1. The number of nitrogens with one attached hydrogen (secondary N) is 1. The van der Waals surface area contributed by atoms with Crippen molar-refractivity contribution in [1.82, 2.24) is 10.2 Å². The summed E-state index contributed by atoms with van der Waals surface area (Å²) in [6.07, 6.45) is 5.49. The van der Waals surface area contributed by atoms with E-state index in [2.05, 4.69) is 5.32 Å². The Hall–Kier alpha value is -2.99. The molecule has 1 atom stereocenters. The molecule has 1 aliphatic rings. The summed E-state index contributed by atoms with van der Waals surface area (Å²) in [5.74, 6) is -0.705. The Morgan fingerprint density at radius 2 is 1.70 bits per heavy atom. The second-order valence-corrected chi connectivity index (χ2v) is 9.59. The van der Waals surface area contributed by atoms with Crippen LogP contribution in [-0.4, -0.2) is 22.8 Å². The molecule has 0 unspecified atom stereocenters. The van der Waals surface area contributed by atoms with Gasteiger partial charge in [0.05, 0.1) is 6.42 Å². The van der Waals surface area contributed by atoms with E-state index in [1.807, 2.05) is 47.8 Å². The Labute approximate surface area is 198 Å². The van der Waals surface area contributed by atoms with Gasteiger partial charge in [0.25, 0.3) is 0 Å². The number of thiophene rings is 1. The molecule has 2 amide bonds. The first-order chi connectivity index (χ1) is 16.1. The number of rotatable bonds is 8. The highest BCUT2D eigenvalue weighted by Gasteiger charge is 2.33. The lowest BCUT2D eigenvalue weighted by Crippen LogP contribution is -2.47. The molecular weight excluding hydrogens is 435 g/mol. The van der Waals surface area contributed by atoms with Crippen LogP contribution >= 0.6 is 11.3 Å². The summed E-state index contributed by atoms with van der Waals surface area (Å²) in [4.78, 5) is 29.8. The molecule has 4 rings (SSSR count). The maximum Gasteiger partial charge on any atom is 0.247 e. The first-order valence-corrected chi connectivity index (χ1v) is 12.4. The molecular formula is C27H29FN2O2S. The van der Waals surface area contributed by atoms with Gasteiger partial charge in [0.1, 0.15) is 11.9 Å². The van der Waals surface area contributed by atoms with Gasteiger partial charge in [-0.2, -0.15) is 0 Å². The predicted molar refractivity (Wildman–Crippen MR) is 129 cm³/mol. The zero-order valence-electron chi connectivity index (χ0n) is 18.6. The van der Waals surface area contributed by atoms with E-state index < -0.39 is 6.04 Å². The molecule has 1 N–H and O–H groups in total. The first-order valence-electron chi connectivity index (χ1n) is 11.5. The van der Waals surface area contributed by atoms with Crippen molar-refractivity contribution in [2.24, 2.45) is 0 Å². The molecule has 1 saturated carbocycles. The minimum atomic E-state index is -0.833. The molecule has 33 heavy (non-hydrogen) atoms. The zero-order valence-corrected chi connectivity index (χ0v) is 19.4. The minimum Gasteiger partial charge on any atom is -0.351 e. The lowest BCUT2D eigenvalue weighted by Gasteiger charge is -2.33. The third-order valence-corrected chi connectivity index (χ3v) is 7.00. The van der Waals surface area contributed by atoms with E-state index in [0.717, 1.165) is 36.1 Å². The number of halogens is 1. The second-order valence-electron chi connectivity index (χ2n) is 8.56. The van der Waals surface area contributed by atoms with Crippen molar-refractivity contribution in [3.05, 3.63) is 93.9 Å². The first kappa shape index (κ1) is 23.2. The summed E-state index contributed by atoms with van der Waals surface area (Å²) in [7, 11) is 0. The molecule has 4 nitrogen and oxygen atoms in total. The van der Waals surface area contributed by atoms with Crippen molar-refractivity contribution in [3.8, 4) is 0 Å². The number of hydrogen-bond acceptors (Lipinski definition) is 3. The summed E-state index contributed by atoms with van der Waals surface area (Å²) >= 11 is 1.52. The molecule has 0 radical (unpaired) electrons. The SMILES string of the molecule is O=C(NC1CCCCC1)[C@H](c1ccc(F)cc1)N(Cc1ccccc1)C(=O)Cc1cccs1. The minimum absolute atomic E-state index is 0.111. The highest BCUT2D eigenvalue weighted by Crippen LogP contribution is 2.27. The van der Waals surface area contributed by atoms with Crippen LogP contribution in [0.4, 0.5) is 4.39 Å². The highest BCUT2D eigenvalue weighted by atomic mass is 32.1. The molecule has 172 valence electrons. The van der Waals surface area contributed by atoms with Gasteiger partial charge in [-0.1, -0.05) is 67.8 Å². The fourth-order valence-electron chi connectivity index (χ4n) is 4.41. The molecule has 1 aliphatic carbocycles. The van der Waals surface area contributed by atoms with Crippen molar-refractivity contribution in [2.75, 3.05) is 0 Å². The second kappa shape index (κ2) is 11.2. The van der Waals surface area contributed by atoms with Gasteiger partial charge < -0.3 is 10.2 Å². The van der Waals surface area contributed by atoms with Crippen LogP contribution in [0, 0.1) is 5.82 Å². The van der Waals surface area contributed by atoms with E-state index in [0.29, 0.717) is 12.1 Å². The molecule has 1 aromatic heterocycles. The topological polar surface area (TPSA) is 49.4 Å². The summed E-state index contributed by atoms with van der Waals surface area (Å²) < 4.78 is 13.7. The fraction of sp³-hybridized carbons (Fsp3) is 0.333. The molecule has 6 heteroatoms. The number of amides is 2. The maximum absolute atomic E-state index is 13.7. The molecule has 3 aromatic rings. The maximum atomic E-state index is 13.7. The van der Waals surface area contributed by atoms with Crippen LogP contribution in [0.3, 0.4) is 0 Å². The van der Waals surface area contributed by atoms with Gasteiger partial charge >= 0.3 is 0 Å². The average Bonchev–Trinajstić information content (AvgIpc) is 3.34. The van der Waals surface area contributed by atoms with Crippen molar-refractivity contribution in [1.29, 1.82) is 0 Å². The molecule has 0 saturated heterocycles. The Bertz CT molecular complexity index is 1030. The van der Waals surface area contributed by atoms with Gasteiger partial charge in [-0.05, 0) is 47.5 Å². The van der Waals surface area contributed by atoms with Crippen LogP contribution in [0.5, 0.6) is 0 Å². The number of carbonyl (C=O) groups excluding carboxylic acids is 2. The number of carbonyl (C=O) groups is 2. The Morgan fingerprint density at radius 3 is 2.36 bits per heavy atom. The lowest BCUT2D eigenvalue weighted by molar-refractivity contribution is -0.141. The van der Waals surface area contributed by atoms with E-state index in [1.54, 1.807) is 17.0 Å². The molecule has 0 aliphatic heterocycles. The van der Waals surface area contributed by atoms with Gasteiger partial charge in [0.15, 0.2) is 0 Å². The summed E-state index contributed by atoms with van der Waals surface area (Å²) in [5, 5.41) is 5.13. The third-order valence-electron chi connectivity index (χ3n) is 6.12. The van der Waals surface area contributed by atoms with Crippen LogP contribution in [-0.2, 0) is 22.6 Å². The van der Waals surface area contributed by atoms with Gasteiger partial charge in [-0.15, -0.1) is 11.3 Å². The van der Waals surface area contributed by atoms with Gasteiger partial charge in [-0.25, -0.2) is 4.39 Å². The van der Waals surface area contributed by atoms with Crippen LogP contribution in [0.2, 0.25) is 0 Å². The molecule has 1 fully saturated rings. The Kier molecular flexibility index (Phi) is 7.89. The van der Waals surface area contributed by atoms with Crippen LogP contribution in [0.15, 0.2) is 72.1 Å². The monoisotopic (exact) mass is 464 g/mol. The highest BCUT2D eigenvalue weighted by molar-refractivity contribution is 7.10. The van der Waals surface area contributed by atoms with Crippen LogP contribution in [0.1, 0.15) is 54.1 Å². The van der Waals surface area contributed by atoms with Crippen LogP contribution < -0.4 is 5.32 Å². The lowest BCUT2D eigenvalue weighted by atomic mass is 9.94. The van der Waals surface area contributed by atoms with E-state index in [1.165, 1.54) is 29.9 Å². The van der Waals surface area contributed by atoms with Crippen molar-refractivity contribution in [3.63, 3.8) is 0 Å². The quantitative estimate of drug-likeness (QED) is 0.468. The van der Waals surface area contributed by atoms with Crippen molar-refractivity contribution < 1.29 is 14.0 Å².